The van der Waals surface area contributed by atoms with Crippen LogP contribution in [0.2, 0.25) is 0 Å². The Hall–Kier alpha value is -0.980. The van der Waals surface area contributed by atoms with Gasteiger partial charge in [-0.1, -0.05) is 0 Å². The molecule has 6 heteroatoms. The second-order valence-corrected chi connectivity index (χ2v) is 4.82. The smallest absolute Gasteiger partial charge is 0.255 e. The number of amides is 1. The van der Waals surface area contributed by atoms with Crippen molar-refractivity contribution in [1.29, 1.82) is 0 Å². The second-order valence-electron chi connectivity index (χ2n) is 3.97. The number of halogens is 2. The topological polar surface area (TPSA) is 60.8 Å². The van der Waals surface area contributed by atoms with Gasteiger partial charge in [0.15, 0.2) is 0 Å². The SMILES string of the molecule is O=C(c1cc(F)ccc1Br)N1C[C@@H](O)[C@@H](O)C1. The Balaban J connectivity index is 2.23. The van der Waals surface area contributed by atoms with Crippen molar-refractivity contribution >= 4 is 21.8 Å². The Labute approximate surface area is 106 Å². The fourth-order valence-corrected chi connectivity index (χ4v) is 2.18. The van der Waals surface area contributed by atoms with E-state index >= 15 is 0 Å². The number of nitrogens with zero attached hydrogens (tertiary/aromatic N) is 1. The molecule has 0 saturated carbocycles. The third kappa shape index (κ3) is 2.48. The Morgan fingerprint density at radius 1 is 1.35 bits per heavy atom. The molecule has 92 valence electrons. The van der Waals surface area contributed by atoms with Gasteiger partial charge in [-0.15, -0.1) is 0 Å². The molecule has 2 N–H and O–H groups in total. The lowest BCUT2D eigenvalue weighted by atomic mass is 10.2. The number of carbonyl (C=O) groups excluding carboxylic acids is 1. The van der Waals surface area contributed by atoms with Crippen LogP contribution in [-0.2, 0) is 0 Å². The van der Waals surface area contributed by atoms with Crippen LogP contribution in [0.25, 0.3) is 0 Å². The molecule has 0 aromatic heterocycles. The molecule has 0 aliphatic carbocycles. The van der Waals surface area contributed by atoms with Gasteiger partial charge in [-0.3, -0.25) is 4.79 Å². The van der Waals surface area contributed by atoms with Crippen molar-refractivity contribution in [2.75, 3.05) is 13.1 Å². The summed E-state index contributed by atoms with van der Waals surface area (Å²) in [5.74, 6) is -0.913. The van der Waals surface area contributed by atoms with E-state index in [0.29, 0.717) is 4.47 Å². The van der Waals surface area contributed by atoms with E-state index in [1.165, 1.54) is 17.0 Å². The van der Waals surface area contributed by atoms with Crippen molar-refractivity contribution in [3.63, 3.8) is 0 Å². The Morgan fingerprint density at radius 2 is 1.94 bits per heavy atom. The standard InChI is InChI=1S/C11H11BrFNO3/c12-8-2-1-6(13)3-7(8)11(17)14-4-9(15)10(16)5-14/h1-3,9-10,15-16H,4-5H2/t9-,10+. The highest BCUT2D eigenvalue weighted by Crippen LogP contribution is 2.22. The lowest BCUT2D eigenvalue weighted by Gasteiger charge is -2.16. The molecule has 2 rings (SSSR count). The predicted octanol–water partition coefficient (Wildman–Crippen LogP) is 0.766. The molecule has 0 radical (unpaired) electrons. The molecular weight excluding hydrogens is 293 g/mol. The van der Waals surface area contributed by atoms with Crippen molar-refractivity contribution in [2.24, 2.45) is 0 Å². The molecule has 17 heavy (non-hydrogen) atoms. The summed E-state index contributed by atoms with van der Waals surface area (Å²) in [6.07, 6.45) is -1.88. The highest BCUT2D eigenvalue weighted by atomic mass is 79.9. The van der Waals surface area contributed by atoms with Gasteiger partial charge in [0, 0.05) is 17.6 Å². The number of hydrogen-bond donors (Lipinski definition) is 2. The largest absolute Gasteiger partial charge is 0.388 e. The van der Waals surface area contributed by atoms with Crippen LogP contribution < -0.4 is 0 Å². The summed E-state index contributed by atoms with van der Waals surface area (Å²) < 4.78 is 13.5. The van der Waals surface area contributed by atoms with Crippen LogP contribution in [0, 0.1) is 5.82 Å². The van der Waals surface area contributed by atoms with Crippen LogP contribution in [0.5, 0.6) is 0 Å². The Bertz CT molecular complexity index is 444. The van der Waals surface area contributed by atoms with Gasteiger partial charge in [-0.25, -0.2) is 4.39 Å². The number of hydrogen-bond acceptors (Lipinski definition) is 3. The zero-order chi connectivity index (χ0) is 12.6. The summed E-state index contributed by atoms with van der Waals surface area (Å²) in [4.78, 5) is 13.3. The van der Waals surface area contributed by atoms with E-state index in [-0.39, 0.29) is 18.7 Å². The molecule has 1 fully saturated rings. The normalized spacial score (nSPS) is 24.1. The number of aliphatic hydroxyl groups excluding tert-OH is 2. The first-order chi connectivity index (χ1) is 7.99. The van der Waals surface area contributed by atoms with Crippen LogP contribution in [0.3, 0.4) is 0 Å². The van der Waals surface area contributed by atoms with E-state index in [4.69, 9.17) is 0 Å². The lowest BCUT2D eigenvalue weighted by Crippen LogP contribution is -2.30. The Kier molecular flexibility index (Phi) is 3.46. The summed E-state index contributed by atoms with van der Waals surface area (Å²) >= 11 is 3.17. The molecule has 1 amide bonds. The monoisotopic (exact) mass is 303 g/mol. The van der Waals surface area contributed by atoms with Crippen LogP contribution in [-0.4, -0.2) is 46.3 Å². The highest BCUT2D eigenvalue weighted by Gasteiger charge is 2.33. The van der Waals surface area contributed by atoms with Crippen LogP contribution in [0.1, 0.15) is 10.4 Å². The zero-order valence-electron chi connectivity index (χ0n) is 8.81. The minimum absolute atomic E-state index is 0.0585. The molecular formula is C11H11BrFNO3. The van der Waals surface area contributed by atoms with Crippen LogP contribution in [0.15, 0.2) is 22.7 Å². The molecule has 1 saturated heterocycles. The molecule has 1 aliphatic rings. The molecule has 0 bridgehead atoms. The highest BCUT2D eigenvalue weighted by molar-refractivity contribution is 9.10. The van der Waals surface area contributed by atoms with Crippen molar-refractivity contribution in [3.05, 3.63) is 34.1 Å². The van der Waals surface area contributed by atoms with E-state index in [1.807, 2.05) is 0 Å². The van der Waals surface area contributed by atoms with Crippen molar-refractivity contribution in [3.8, 4) is 0 Å². The minimum Gasteiger partial charge on any atom is -0.388 e. The first kappa shape index (κ1) is 12.5. The number of carbonyl (C=O) groups is 1. The molecule has 4 nitrogen and oxygen atoms in total. The summed E-state index contributed by atoms with van der Waals surface area (Å²) in [6, 6.07) is 3.82. The molecule has 1 aromatic carbocycles. The summed E-state index contributed by atoms with van der Waals surface area (Å²) in [5, 5.41) is 18.7. The molecule has 1 heterocycles. The molecule has 1 aromatic rings. The molecule has 0 spiro atoms. The maximum atomic E-state index is 13.1. The average molecular weight is 304 g/mol. The summed E-state index contributed by atoms with van der Waals surface area (Å²) in [6.45, 7) is 0.117. The van der Waals surface area contributed by atoms with Gasteiger partial charge in [0.25, 0.3) is 5.91 Å². The van der Waals surface area contributed by atoms with E-state index in [0.717, 1.165) is 6.07 Å². The van der Waals surface area contributed by atoms with Crippen LogP contribution >= 0.6 is 15.9 Å². The fourth-order valence-electron chi connectivity index (χ4n) is 1.77. The van der Waals surface area contributed by atoms with E-state index in [2.05, 4.69) is 15.9 Å². The van der Waals surface area contributed by atoms with Gasteiger partial charge in [0.2, 0.25) is 0 Å². The van der Waals surface area contributed by atoms with E-state index in [1.54, 1.807) is 0 Å². The van der Waals surface area contributed by atoms with Gasteiger partial charge in [0.05, 0.1) is 17.8 Å². The number of β-amino-alcohol motifs (C(OH)–C–C–N with tert-alkyl or cyclic N) is 2. The van der Waals surface area contributed by atoms with Gasteiger partial charge in [-0.2, -0.15) is 0 Å². The third-order valence-corrected chi connectivity index (χ3v) is 3.40. The molecule has 2 atom stereocenters. The van der Waals surface area contributed by atoms with Gasteiger partial charge in [-0.05, 0) is 34.1 Å². The van der Waals surface area contributed by atoms with Gasteiger partial charge < -0.3 is 15.1 Å². The van der Waals surface area contributed by atoms with Crippen molar-refractivity contribution < 1.29 is 19.4 Å². The maximum Gasteiger partial charge on any atom is 0.255 e. The molecule has 1 aliphatic heterocycles. The summed E-state index contributed by atoms with van der Waals surface area (Å²) in [7, 11) is 0. The summed E-state index contributed by atoms with van der Waals surface area (Å²) in [5.41, 5.74) is 0.186. The van der Waals surface area contributed by atoms with Gasteiger partial charge >= 0.3 is 0 Å². The van der Waals surface area contributed by atoms with E-state index in [9.17, 15) is 19.4 Å². The first-order valence-corrected chi connectivity index (χ1v) is 5.89. The second kappa shape index (κ2) is 4.72. The van der Waals surface area contributed by atoms with Crippen LogP contribution in [0.4, 0.5) is 4.39 Å². The predicted molar refractivity (Wildman–Crippen MR) is 62.0 cm³/mol. The first-order valence-electron chi connectivity index (χ1n) is 5.09. The van der Waals surface area contributed by atoms with Crippen molar-refractivity contribution in [2.45, 2.75) is 12.2 Å². The fraction of sp³-hybridized carbons (Fsp3) is 0.364. The average Bonchev–Trinajstić information content (AvgIpc) is 2.62. The lowest BCUT2D eigenvalue weighted by molar-refractivity contribution is 0.0572. The quantitative estimate of drug-likeness (QED) is 0.805. The zero-order valence-corrected chi connectivity index (χ0v) is 10.4. The number of rotatable bonds is 1. The minimum atomic E-state index is -0.939. The molecule has 0 unspecified atom stereocenters. The number of aliphatic hydroxyl groups is 2. The third-order valence-electron chi connectivity index (χ3n) is 2.71. The maximum absolute atomic E-state index is 13.1. The van der Waals surface area contributed by atoms with Crippen molar-refractivity contribution in [1.82, 2.24) is 4.90 Å². The van der Waals surface area contributed by atoms with Gasteiger partial charge in [0.1, 0.15) is 5.82 Å². The van der Waals surface area contributed by atoms with E-state index < -0.39 is 23.9 Å². The number of likely N-dealkylation sites (tertiary alicyclic amines) is 1. The Morgan fingerprint density at radius 3 is 2.53 bits per heavy atom. The number of benzene rings is 1.